The maximum absolute atomic E-state index is 2.34. The Bertz CT molecular complexity index is 214. The van der Waals surface area contributed by atoms with Gasteiger partial charge in [-0.3, -0.25) is 0 Å². The number of hydrogen-bond acceptors (Lipinski definition) is 0. The third-order valence-corrected chi connectivity index (χ3v) is 3.73. The molecule has 0 radical (unpaired) electrons. The van der Waals surface area contributed by atoms with Gasteiger partial charge >= 0.3 is 0 Å². The van der Waals surface area contributed by atoms with Crippen LogP contribution in [-0.2, 0) is 0 Å². The average molecular weight is 206 g/mol. The summed E-state index contributed by atoms with van der Waals surface area (Å²) in [6.45, 7) is 6.68. The monoisotopic (exact) mass is 206 g/mol. The van der Waals surface area contributed by atoms with Gasteiger partial charge in [0.05, 0.1) is 0 Å². The molecule has 0 saturated heterocycles. The van der Waals surface area contributed by atoms with E-state index in [1.807, 2.05) is 0 Å². The molecule has 1 aliphatic carbocycles. The molecule has 0 spiro atoms. The van der Waals surface area contributed by atoms with Crippen LogP contribution in [0.2, 0.25) is 0 Å². The number of allylic oxidation sites excluding steroid dienone is 4. The van der Waals surface area contributed by atoms with Crippen LogP contribution in [0.1, 0.15) is 59.3 Å². The van der Waals surface area contributed by atoms with E-state index in [1.54, 1.807) is 5.57 Å². The van der Waals surface area contributed by atoms with Crippen LogP contribution in [0.15, 0.2) is 23.8 Å². The SMILES string of the molecule is CC=CC=C(C)CC1CCC(CC)CC1. The zero-order chi connectivity index (χ0) is 11.1. The van der Waals surface area contributed by atoms with Crippen molar-refractivity contribution in [2.75, 3.05) is 0 Å². The molecule has 86 valence electrons. The second-order valence-electron chi connectivity index (χ2n) is 5.04. The number of hydrogen-bond donors (Lipinski definition) is 0. The summed E-state index contributed by atoms with van der Waals surface area (Å²) in [7, 11) is 0. The summed E-state index contributed by atoms with van der Waals surface area (Å²) >= 11 is 0. The van der Waals surface area contributed by atoms with Crippen LogP contribution in [-0.4, -0.2) is 0 Å². The maximum Gasteiger partial charge on any atom is -0.0291 e. The molecule has 0 aromatic heterocycles. The van der Waals surface area contributed by atoms with Crippen LogP contribution in [0.4, 0.5) is 0 Å². The zero-order valence-corrected chi connectivity index (χ0v) is 10.6. The molecule has 0 aromatic rings. The highest BCUT2D eigenvalue weighted by atomic mass is 14.2. The van der Waals surface area contributed by atoms with E-state index >= 15 is 0 Å². The summed E-state index contributed by atoms with van der Waals surface area (Å²) in [5, 5.41) is 0. The van der Waals surface area contributed by atoms with E-state index in [0.717, 1.165) is 11.8 Å². The van der Waals surface area contributed by atoms with Gasteiger partial charge in [0.15, 0.2) is 0 Å². The molecule has 0 heteroatoms. The quantitative estimate of drug-likeness (QED) is 0.560. The van der Waals surface area contributed by atoms with E-state index in [0.29, 0.717) is 0 Å². The van der Waals surface area contributed by atoms with E-state index in [1.165, 1.54) is 38.5 Å². The van der Waals surface area contributed by atoms with Gasteiger partial charge in [-0.1, -0.05) is 50.0 Å². The molecule has 1 fully saturated rings. The Morgan fingerprint density at radius 2 is 1.73 bits per heavy atom. The molecule has 0 atom stereocenters. The second kappa shape index (κ2) is 6.87. The van der Waals surface area contributed by atoms with Crippen molar-refractivity contribution in [3.8, 4) is 0 Å². The van der Waals surface area contributed by atoms with Crippen LogP contribution >= 0.6 is 0 Å². The van der Waals surface area contributed by atoms with Crippen molar-refractivity contribution in [3.63, 3.8) is 0 Å². The molecule has 1 saturated carbocycles. The lowest BCUT2D eigenvalue weighted by Crippen LogP contribution is -2.14. The predicted molar refractivity (Wildman–Crippen MR) is 68.9 cm³/mol. The highest BCUT2D eigenvalue weighted by Crippen LogP contribution is 2.33. The van der Waals surface area contributed by atoms with Gasteiger partial charge in [0, 0.05) is 0 Å². The zero-order valence-electron chi connectivity index (χ0n) is 10.6. The van der Waals surface area contributed by atoms with E-state index in [-0.39, 0.29) is 0 Å². The Balaban J connectivity index is 2.29. The van der Waals surface area contributed by atoms with Crippen molar-refractivity contribution in [2.45, 2.75) is 59.3 Å². The minimum Gasteiger partial charge on any atom is -0.0877 e. The minimum atomic E-state index is 0.967. The first-order valence-corrected chi connectivity index (χ1v) is 6.54. The van der Waals surface area contributed by atoms with Crippen molar-refractivity contribution in [2.24, 2.45) is 11.8 Å². The summed E-state index contributed by atoms with van der Waals surface area (Å²) in [5.74, 6) is 2.00. The Kier molecular flexibility index (Phi) is 5.75. The minimum absolute atomic E-state index is 0.967. The Morgan fingerprint density at radius 3 is 2.27 bits per heavy atom. The molecular formula is C15H26. The Labute approximate surface area is 95.5 Å². The van der Waals surface area contributed by atoms with Crippen molar-refractivity contribution in [1.82, 2.24) is 0 Å². The molecule has 15 heavy (non-hydrogen) atoms. The summed E-state index contributed by atoms with van der Waals surface area (Å²) < 4.78 is 0. The summed E-state index contributed by atoms with van der Waals surface area (Å²) in [6, 6.07) is 0. The van der Waals surface area contributed by atoms with Crippen molar-refractivity contribution in [1.29, 1.82) is 0 Å². The number of rotatable bonds is 4. The summed E-state index contributed by atoms with van der Waals surface area (Å²) in [4.78, 5) is 0. The first-order chi connectivity index (χ1) is 7.26. The second-order valence-corrected chi connectivity index (χ2v) is 5.04. The average Bonchev–Trinajstić information content (AvgIpc) is 2.27. The van der Waals surface area contributed by atoms with Crippen LogP contribution < -0.4 is 0 Å². The lowest BCUT2D eigenvalue weighted by molar-refractivity contribution is 0.268. The predicted octanol–water partition coefficient (Wildman–Crippen LogP) is 5.12. The third kappa shape index (κ3) is 4.68. The smallest absolute Gasteiger partial charge is 0.0291 e. The fourth-order valence-electron chi connectivity index (χ4n) is 2.63. The van der Waals surface area contributed by atoms with Gasteiger partial charge in [-0.2, -0.15) is 0 Å². The first kappa shape index (κ1) is 12.5. The van der Waals surface area contributed by atoms with Gasteiger partial charge in [0.25, 0.3) is 0 Å². The molecule has 0 aromatic carbocycles. The Hall–Kier alpha value is -0.520. The van der Waals surface area contributed by atoms with Gasteiger partial charge in [0.1, 0.15) is 0 Å². The van der Waals surface area contributed by atoms with E-state index in [2.05, 4.69) is 39.0 Å². The lowest BCUT2D eigenvalue weighted by atomic mass is 9.78. The first-order valence-electron chi connectivity index (χ1n) is 6.54. The van der Waals surface area contributed by atoms with Crippen LogP contribution in [0.3, 0.4) is 0 Å². The third-order valence-electron chi connectivity index (χ3n) is 3.73. The van der Waals surface area contributed by atoms with Gasteiger partial charge in [0.2, 0.25) is 0 Å². The van der Waals surface area contributed by atoms with Crippen molar-refractivity contribution < 1.29 is 0 Å². The summed E-state index contributed by atoms with van der Waals surface area (Å²) in [5.41, 5.74) is 1.55. The van der Waals surface area contributed by atoms with Crippen molar-refractivity contribution in [3.05, 3.63) is 23.8 Å². The molecule has 0 bridgehead atoms. The molecular weight excluding hydrogens is 180 g/mol. The largest absolute Gasteiger partial charge is 0.0877 e. The van der Waals surface area contributed by atoms with Gasteiger partial charge in [-0.15, -0.1) is 0 Å². The fourth-order valence-corrected chi connectivity index (χ4v) is 2.63. The maximum atomic E-state index is 2.34. The normalized spacial score (nSPS) is 28.6. The van der Waals surface area contributed by atoms with E-state index in [4.69, 9.17) is 0 Å². The van der Waals surface area contributed by atoms with Gasteiger partial charge < -0.3 is 0 Å². The molecule has 0 amide bonds. The molecule has 1 rings (SSSR count). The lowest BCUT2D eigenvalue weighted by Gasteiger charge is -2.27. The Morgan fingerprint density at radius 1 is 1.13 bits per heavy atom. The van der Waals surface area contributed by atoms with E-state index < -0.39 is 0 Å². The molecule has 0 heterocycles. The standard InChI is InChI=1S/C15H26/c1-4-6-7-13(3)12-15-10-8-14(5-2)9-11-15/h4,6-7,14-15H,5,8-12H2,1-3H3. The fraction of sp³-hybridized carbons (Fsp3) is 0.733. The van der Waals surface area contributed by atoms with Crippen LogP contribution in [0, 0.1) is 11.8 Å². The molecule has 0 aliphatic heterocycles. The molecule has 0 N–H and O–H groups in total. The van der Waals surface area contributed by atoms with Gasteiger partial charge in [-0.05, 0) is 44.9 Å². The highest BCUT2D eigenvalue weighted by molar-refractivity contribution is 5.10. The van der Waals surface area contributed by atoms with Gasteiger partial charge in [-0.25, -0.2) is 0 Å². The van der Waals surface area contributed by atoms with Crippen LogP contribution in [0.5, 0.6) is 0 Å². The molecule has 0 nitrogen and oxygen atoms in total. The molecule has 0 unspecified atom stereocenters. The highest BCUT2D eigenvalue weighted by Gasteiger charge is 2.19. The molecule has 1 aliphatic rings. The van der Waals surface area contributed by atoms with E-state index in [9.17, 15) is 0 Å². The summed E-state index contributed by atoms with van der Waals surface area (Å²) in [6.07, 6.45) is 15.1. The van der Waals surface area contributed by atoms with Crippen LogP contribution in [0.25, 0.3) is 0 Å². The topological polar surface area (TPSA) is 0 Å². The van der Waals surface area contributed by atoms with Crippen molar-refractivity contribution >= 4 is 0 Å².